The molecule has 0 aliphatic carbocycles. The summed E-state index contributed by atoms with van der Waals surface area (Å²) in [5.74, 6) is 0.689. The van der Waals surface area contributed by atoms with Crippen molar-refractivity contribution in [2.24, 2.45) is 5.92 Å². The van der Waals surface area contributed by atoms with E-state index >= 15 is 0 Å². The van der Waals surface area contributed by atoms with Gasteiger partial charge in [-0.15, -0.1) is 10.2 Å². The van der Waals surface area contributed by atoms with Crippen LogP contribution in [0, 0.1) is 5.92 Å². The van der Waals surface area contributed by atoms with Gasteiger partial charge in [-0.05, 0) is 32.0 Å². The highest BCUT2D eigenvalue weighted by atomic mass is 16.5. The largest absolute Gasteiger partial charge is 0.474 e. The van der Waals surface area contributed by atoms with Gasteiger partial charge in [-0.3, -0.25) is 9.59 Å². The SMILES string of the molecule is CC(C)Oc1ccc(NC(=O)C2CC(=O)N(Cc3ccco3)C2)nn1. The topological polar surface area (TPSA) is 97.6 Å². The molecule has 0 saturated carbocycles. The van der Waals surface area contributed by atoms with Crippen molar-refractivity contribution in [3.8, 4) is 5.88 Å². The number of aromatic nitrogens is 2. The van der Waals surface area contributed by atoms with Crippen LogP contribution in [0.2, 0.25) is 0 Å². The molecular weight excluding hydrogens is 324 g/mol. The number of nitrogens with one attached hydrogen (secondary N) is 1. The van der Waals surface area contributed by atoms with Gasteiger partial charge in [0.15, 0.2) is 5.82 Å². The predicted octanol–water partition coefficient (Wildman–Crippen LogP) is 1.84. The monoisotopic (exact) mass is 344 g/mol. The van der Waals surface area contributed by atoms with Crippen LogP contribution in [-0.2, 0) is 16.1 Å². The first kappa shape index (κ1) is 16.9. The van der Waals surface area contributed by atoms with Crippen molar-refractivity contribution < 1.29 is 18.7 Å². The molecule has 0 radical (unpaired) electrons. The molecule has 0 spiro atoms. The molecule has 25 heavy (non-hydrogen) atoms. The number of anilines is 1. The zero-order valence-corrected chi connectivity index (χ0v) is 14.1. The number of likely N-dealkylation sites (tertiary alicyclic amines) is 1. The van der Waals surface area contributed by atoms with Gasteiger partial charge >= 0.3 is 0 Å². The molecule has 2 amide bonds. The summed E-state index contributed by atoms with van der Waals surface area (Å²) < 4.78 is 10.7. The van der Waals surface area contributed by atoms with E-state index in [4.69, 9.17) is 9.15 Å². The minimum atomic E-state index is -0.421. The van der Waals surface area contributed by atoms with Gasteiger partial charge in [0.05, 0.1) is 24.8 Å². The molecule has 2 aromatic rings. The molecule has 3 heterocycles. The summed E-state index contributed by atoms with van der Waals surface area (Å²) in [4.78, 5) is 26.1. The van der Waals surface area contributed by atoms with Gasteiger partial charge in [-0.1, -0.05) is 0 Å². The van der Waals surface area contributed by atoms with Crippen molar-refractivity contribution in [3.05, 3.63) is 36.3 Å². The van der Waals surface area contributed by atoms with Crippen LogP contribution in [0.5, 0.6) is 5.88 Å². The zero-order valence-electron chi connectivity index (χ0n) is 14.1. The second-order valence-electron chi connectivity index (χ2n) is 6.17. The predicted molar refractivity (Wildman–Crippen MR) is 88.7 cm³/mol. The summed E-state index contributed by atoms with van der Waals surface area (Å²) in [6, 6.07) is 6.84. The molecule has 2 aromatic heterocycles. The second kappa shape index (κ2) is 7.33. The van der Waals surface area contributed by atoms with Gasteiger partial charge in [-0.25, -0.2) is 0 Å². The van der Waals surface area contributed by atoms with Crippen molar-refractivity contribution in [1.29, 1.82) is 0 Å². The van der Waals surface area contributed by atoms with E-state index in [2.05, 4.69) is 15.5 Å². The minimum Gasteiger partial charge on any atom is -0.474 e. The van der Waals surface area contributed by atoms with E-state index in [1.165, 1.54) is 0 Å². The Morgan fingerprint density at radius 2 is 2.24 bits per heavy atom. The maximum absolute atomic E-state index is 12.4. The number of nitrogens with zero attached hydrogens (tertiary/aromatic N) is 3. The molecule has 8 heteroatoms. The summed E-state index contributed by atoms with van der Waals surface area (Å²) in [5.41, 5.74) is 0. The number of hydrogen-bond acceptors (Lipinski definition) is 6. The van der Waals surface area contributed by atoms with Gasteiger partial charge < -0.3 is 19.4 Å². The average Bonchev–Trinajstić information content (AvgIpc) is 3.20. The zero-order chi connectivity index (χ0) is 17.8. The lowest BCUT2D eigenvalue weighted by atomic mass is 10.1. The molecule has 1 aliphatic rings. The summed E-state index contributed by atoms with van der Waals surface area (Å²) in [5, 5.41) is 10.5. The number of hydrogen-bond donors (Lipinski definition) is 1. The Morgan fingerprint density at radius 1 is 1.40 bits per heavy atom. The van der Waals surface area contributed by atoms with Gasteiger partial charge in [0.2, 0.25) is 17.7 Å². The first-order valence-electron chi connectivity index (χ1n) is 8.12. The Balaban J connectivity index is 1.55. The molecule has 3 rings (SSSR count). The fourth-order valence-electron chi connectivity index (χ4n) is 2.61. The fourth-order valence-corrected chi connectivity index (χ4v) is 2.61. The van der Waals surface area contributed by atoms with Crippen molar-refractivity contribution >= 4 is 17.6 Å². The first-order valence-corrected chi connectivity index (χ1v) is 8.12. The number of rotatable bonds is 6. The first-order chi connectivity index (χ1) is 12.0. The van der Waals surface area contributed by atoms with E-state index < -0.39 is 5.92 Å². The van der Waals surface area contributed by atoms with Crippen LogP contribution < -0.4 is 10.1 Å². The number of furan rings is 1. The highest BCUT2D eigenvalue weighted by Crippen LogP contribution is 2.22. The van der Waals surface area contributed by atoms with Crippen LogP contribution in [0.3, 0.4) is 0 Å². The summed E-state index contributed by atoms with van der Waals surface area (Å²) in [6.07, 6.45) is 1.74. The van der Waals surface area contributed by atoms with Crippen LogP contribution in [0.15, 0.2) is 34.9 Å². The molecular formula is C17H20N4O4. The van der Waals surface area contributed by atoms with Crippen LogP contribution in [0.4, 0.5) is 5.82 Å². The Labute approximate surface area is 145 Å². The van der Waals surface area contributed by atoms with Crippen molar-refractivity contribution in [3.63, 3.8) is 0 Å². The van der Waals surface area contributed by atoms with Crippen LogP contribution in [0.1, 0.15) is 26.0 Å². The van der Waals surface area contributed by atoms with E-state index in [9.17, 15) is 9.59 Å². The maximum atomic E-state index is 12.4. The quantitative estimate of drug-likeness (QED) is 0.859. The van der Waals surface area contributed by atoms with Crippen LogP contribution >= 0.6 is 0 Å². The lowest BCUT2D eigenvalue weighted by molar-refractivity contribution is -0.128. The molecule has 1 saturated heterocycles. The molecule has 132 valence electrons. The standard InChI is InChI=1S/C17H20N4O4/c1-11(2)25-15-6-5-14(19-20-15)18-17(23)12-8-16(22)21(9-12)10-13-4-3-7-24-13/h3-7,11-12H,8-10H2,1-2H3,(H,18,19,23). The van der Waals surface area contributed by atoms with E-state index in [0.717, 1.165) is 0 Å². The van der Waals surface area contributed by atoms with Crippen LogP contribution in [0.25, 0.3) is 0 Å². The average molecular weight is 344 g/mol. The fraction of sp³-hybridized carbons (Fsp3) is 0.412. The van der Waals surface area contributed by atoms with Gasteiger partial charge in [-0.2, -0.15) is 0 Å². The number of carbonyl (C=O) groups excluding carboxylic acids is 2. The number of ether oxygens (including phenoxy) is 1. The minimum absolute atomic E-state index is 0.000567. The summed E-state index contributed by atoms with van der Waals surface area (Å²) in [6.45, 7) is 4.51. The summed E-state index contributed by atoms with van der Waals surface area (Å²) in [7, 11) is 0. The number of carbonyl (C=O) groups is 2. The highest BCUT2D eigenvalue weighted by molar-refractivity contribution is 5.96. The smallest absolute Gasteiger partial charge is 0.233 e. The Hall–Kier alpha value is -2.90. The van der Waals surface area contributed by atoms with E-state index in [1.807, 2.05) is 13.8 Å². The molecule has 0 aromatic carbocycles. The van der Waals surface area contributed by atoms with Crippen molar-refractivity contribution in [1.82, 2.24) is 15.1 Å². The van der Waals surface area contributed by atoms with Gasteiger partial charge in [0.25, 0.3) is 0 Å². The Bertz CT molecular complexity index is 728. The Morgan fingerprint density at radius 3 is 2.88 bits per heavy atom. The normalized spacial score (nSPS) is 17.2. The third-order valence-corrected chi connectivity index (χ3v) is 3.76. The molecule has 1 atom stereocenters. The lowest BCUT2D eigenvalue weighted by Gasteiger charge is -2.15. The van der Waals surface area contributed by atoms with Crippen molar-refractivity contribution in [2.45, 2.75) is 32.9 Å². The van der Waals surface area contributed by atoms with Crippen molar-refractivity contribution in [2.75, 3.05) is 11.9 Å². The molecule has 1 aliphatic heterocycles. The lowest BCUT2D eigenvalue weighted by Crippen LogP contribution is -2.28. The second-order valence-corrected chi connectivity index (χ2v) is 6.17. The highest BCUT2D eigenvalue weighted by Gasteiger charge is 2.34. The molecule has 1 unspecified atom stereocenters. The third-order valence-electron chi connectivity index (χ3n) is 3.76. The molecule has 1 N–H and O–H groups in total. The van der Waals surface area contributed by atoms with E-state index in [-0.39, 0.29) is 24.3 Å². The Kier molecular flexibility index (Phi) is 4.97. The van der Waals surface area contributed by atoms with Crippen LogP contribution in [-0.4, -0.2) is 39.6 Å². The van der Waals surface area contributed by atoms with Gasteiger partial charge in [0.1, 0.15) is 5.76 Å². The van der Waals surface area contributed by atoms with Gasteiger partial charge in [0, 0.05) is 19.0 Å². The van der Waals surface area contributed by atoms with E-state index in [0.29, 0.717) is 30.5 Å². The maximum Gasteiger partial charge on any atom is 0.233 e. The van der Waals surface area contributed by atoms with E-state index in [1.54, 1.807) is 35.4 Å². The molecule has 0 bridgehead atoms. The molecule has 1 fully saturated rings. The summed E-state index contributed by atoms with van der Waals surface area (Å²) >= 11 is 0. The third kappa shape index (κ3) is 4.34. The number of amides is 2. The molecule has 8 nitrogen and oxygen atoms in total.